The topological polar surface area (TPSA) is 62.7 Å². The Morgan fingerprint density at radius 1 is 1.00 bits per heavy atom. The van der Waals surface area contributed by atoms with Crippen molar-refractivity contribution < 1.29 is 0 Å². The molecule has 0 aliphatic carbocycles. The summed E-state index contributed by atoms with van der Waals surface area (Å²) < 4.78 is 1.04. The van der Waals surface area contributed by atoms with E-state index in [9.17, 15) is 0 Å². The van der Waals surface area contributed by atoms with Crippen molar-refractivity contribution in [2.75, 3.05) is 10.6 Å². The Balaban J connectivity index is 1.72. The minimum Gasteiger partial charge on any atom is -0.364 e. The van der Waals surface area contributed by atoms with Crippen molar-refractivity contribution in [3.05, 3.63) is 70.7 Å². The fourth-order valence-corrected chi connectivity index (χ4v) is 2.35. The Hall–Kier alpha value is -2.47. The van der Waals surface area contributed by atoms with Crippen LogP contribution in [0.5, 0.6) is 0 Å². The largest absolute Gasteiger partial charge is 0.364 e. The maximum Gasteiger partial charge on any atom is 0.136 e. The molecule has 116 valence electrons. The fraction of sp³-hybridized carbons (Fsp3) is 0.118. The van der Waals surface area contributed by atoms with Crippen molar-refractivity contribution in [3.8, 4) is 0 Å². The lowest BCUT2D eigenvalue weighted by molar-refractivity contribution is 0.996. The van der Waals surface area contributed by atoms with E-state index in [4.69, 9.17) is 0 Å². The van der Waals surface area contributed by atoms with Crippen LogP contribution in [0.2, 0.25) is 0 Å². The van der Waals surface area contributed by atoms with E-state index in [2.05, 4.69) is 41.5 Å². The van der Waals surface area contributed by atoms with E-state index in [-0.39, 0.29) is 0 Å². The number of nitrogens with one attached hydrogen (secondary N) is 2. The van der Waals surface area contributed by atoms with Crippen LogP contribution in [-0.2, 0) is 6.54 Å². The molecular weight excluding hydrogens is 354 g/mol. The Labute approximate surface area is 143 Å². The van der Waals surface area contributed by atoms with Crippen molar-refractivity contribution in [3.63, 3.8) is 0 Å². The van der Waals surface area contributed by atoms with Gasteiger partial charge >= 0.3 is 0 Å². The van der Waals surface area contributed by atoms with Crippen LogP contribution >= 0.6 is 15.9 Å². The number of rotatable bonds is 5. The van der Waals surface area contributed by atoms with Crippen molar-refractivity contribution >= 4 is 33.3 Å². The van der Waals surface area contributed by atoms with Crippen LogP contribution in [0.3, 0.4) is 0 Å². The number of halogens is 1. The molecule has 0 amide bonds. The molecule has 2 N–H and O–H groups in total. The number of pyridine rings is 1. The predicted molar refractivity (Wildman–Crippen MR) is 95.8 cm³/mol. The van der Waals surface area contributed by atoms with E-state index in [1.807, 2.05) is 55.5 Å². The van der Waals surface area contributed by atoms with E-state index in [0.29, 0.717) is 12.4 Å². The van der Waals surface area contributed by atoms with E-state index >= 15 is 0 Å². The molecule has 3 aromatic rings. The zero-order valence-electron chi connectivity index (χ0n) is 12.6. The summed E-state index contributed by atoms with van der Waals surface area (Å²) in [5.41, 5.74) is 1.94. The van der Waals surface area contributed by atoms with Gasteiger partial charge in [-0.25, -0.2) is 9.97 Å². The summed E-state index contributed by atoms with van der Waals surface area (Å²) in [6, 6.07) is 15.7. The van der Waals surface area contributed by atoms with Gasteiger partial charge in [0.05, 0.1) is 12.2 Å². The van der Waals surface area contributed by atoms with Gasteiger partial charge in [-0.15, -0.1) is 0 Å². The molecule has 0 spiro atoms. The minimum absolute atomic E-state index is 0.620. The summed E-state index contributed by atoms with van der Waals surface area (Å²) in [7, 11) is 0. The van der Waals surface area contributed by atoms with Gasteiger partial charge in [-0.1, -0.05) is 22.0 Å². The van der Waals surface area contributed by atoms with Crippen LogP contribution in [0.25, 0.3) is 0 Å². The molecule has 0 fully saturated rings. The van der Waals surface area contributed by atoms with Gasteiger partial charge in [-0.2, -0.15) is 0 Å². The molecule has 0 unspecified atom stereocenters. The number of nitrogens with zero attached hydrogens (tertiary/aromatic N) is 3. The van der Waals surface area contributed by atoms with Gasteiger partial charge < -0.3 is 10.6 Å². The third-order valence-electron chi connectivity index (χ3n) is 3.13. The molecule has 0 radical (unpaired) electrons. The molecule has 2 aromatic heterocycles. The van der Waals surface area contributed by atoms with Gasteiger partial charge in [0.25, 0.3) is 0 Å². The molecule has 5 nitrogen and oxygen atoms in total. The Morgan fingerprint density at radius 2 is 1.78 bits per heavy atom. The van der Waals surface area contributed by atoms with Gasteiger partial charge in [0.15, 0.2) is 0 Å². The molecule has 0 bridgehead atoms. The molecule has 0 aliphatic rings. The second-order valence-electron chi connectivity index (χ2n) is 4.99. The lowest BCUT2D eigenvalue weighted by atomic mass is 10.3. The summed E-state index contributed by atoms with van der Waals surface area (Å²) in [5.74, 6) is 2.22. The van der Waals surface area contributed by atoms with Gasteiger partial charge in [-0.3, -0.25) is 4.98 Å². The number of benzene rings is 1. The molecule has 0 saturated heterocycles. The quantitative estimate of drug-likeness (QED) is 0.701. The van der Waals surface area contributed by atoms with Crippen molar-refractivity contribution in [1.29, 1.82) is 0 Å². The predicted octanol–water partition coefficient (Wildman–Crippen LogP) is 4.30. The summed E-state index contributed by atoms with van der Waals surface area (Å²) in [6.45, 7) is 2.49. The summed E-state index contributed by atoms with van der Waals surface area (Å²) in [4.78, 5) is 13.1. The highest BCUT2D eigenvalue weighted by molar-refractivity contribution is 9.10. The van der Waals surface area contributed by atoms with E-state index in [1.54, 1.807) is 6.20 Å². The minimum atomic E-state index is 0.620. The van der Waals surface area contributed by atoms with Gasteiger partial charge in [0.1, 0.15) is 17.5 Å². The standard InChI is InChI=1S/C17H16BrN5/c1-12-21-16(20-11-15-4-2-3-9-19-15)10-17(22-12)23-14-7-5-13(18)6-8-14/h2-10H,11H2,1H3,(H2,20,21,22,23). The first kappa shape index (κ1) is 15.4. The smallest absolute Gasteiger partial charge is 0.136 e. The lowest BCUT2D eigenvalue weighted by Gasteiger charge is -2.10. The van der Waals surface area contributed by atoms with Crippen molar-refractivity contribution in [2.24, 2.45) is 0 Å². The molecule has 0 atom stereocenters. The van der Waals surface area contributed by atoms with E-state index in [1.165, 1.54) is 0 Å². The zero-order chi connectivity index (χ0) is 16.1. The Morgan fingerprint density at radius 3 is 2.52 bits per heavy atom. The lowest BCUT2D eigenvalue weighted by Crippen LogP contribution is -2.06. The number of aromatic nitrogens is 3. The fourth-order valence-electron chi connectivity index (χ4n) is 2.09. The third-order valence-corrected chi connectivity index (χ3v) is 3.66. The second kappa shape index (κ2) is 7.19. The molecule has 0 aliphatic heterocycles. The number of aryl methyl sites for hydroxylation is 1. The van der Waals surface area contributed by atoms with Crippen LogP contribution in [0.1, 0.15) is 11.5 Å². The highest BCUT2D eigenvalue weighted by Gasteiger charge is 2.03. The summed E-state index contributed by atoms with van der Waals surface area (Å²) in [5, 5.41) is 6.56. The molecule has 0 saturated carbocycles. The third kappa shape index (κ3) is 4.50. The number of anilines is 3. The zero-order valence-corrected chi connectivity index (χ0v) is 14.2. The Kier molecular flexibility index (Phi) is 4.83. The highest BCUT2D eigenvalue weighted by atomic mass is 79.9. The molecule has 23 heavy (non-hydrogen) atoms. The van der Waals surface area contributed by atoms with Crippen LogP contribution in [0.15, 0.2) is 59.2 Å². The van der Waals surface area contributed by atoms with Crippen molar-refractivity contribution in [2.45, 2.75) is 13.5 Å². The van der Waals surface area contributed by atoms with Crippen LogP contribution in [-0.4, -0.2) is 15.0 Å². The monoisotopic (exact) mass is 369 g/mol. The second-order valence-corrected chi connectivity index (χ2v) is 5.91. The average Bonchev–Trinajstić information content (AvgIpc) is 2.56. The van der Waals surface area contributed by atoms with Gasteiger partial charge in [0, 0.05) is 22.4 Å². The first-order valence-electron chi connectivity index (χ1n) is 7.21. The van der Waals surface area contributed by atoms with Crippen LogP contribution in [0.4, 0.5) is 17.3 Å². The van der Waals surface area contributed by atoms with Crippen LogP contribution < -0.4 is 10.6 Å². The normalized spacial score (nSPS) is 10.3. The molecular formula is C17H16BrN5. The van der Waals surface area contributed by atoms with E-state index in [0.717, 1.165) is 27.5 Å². The molecule has 1 aromatic carbocycles. The number of hydrogen-bond donors (Lipinski definition) is 2. The summed E-state index contributed by atoms with van der Waals surface area (Å²) >= 11 is 3.43. The van der Waals surface area contributed by atoms with E-state index < -0.39 is 0 Å². The Bertz CT molecular complexity index is 775. The van der Waals surface area contributed by atoms with Gasteiger partial charge in [0.2, 0.25) is 0 Å². The first-order valence-corrected chi connectivity index (χ1v) is 8.00. The maximum atomic E-state index is 4.42. The average molecular weight is 370 g/mol. The molecule has 6 heteroatoms. The summed E-state index contributed by atoms with van der Waals surface area (Å²) in [6.07, 6.45) is 1.78. The van der Waals surface area contributed by atoms with Crippen molar-refractivity contribution in [1.82, 2.24) is 15.0 Å². The number of hydrogen-bond acceptors (Lipinski definition) is 5. The molecule has 2 heterocycles. The van der Waals surface area contributed by atoms with Crippen LogP contribution in [0, 0.1) is 6.92 Å². The van der Waals surface area contributed by atoms with Gasteiger partial charge in [-0.05, 0) is 43.3 Å². The SMILES string of the molecule is Cc1nc(NCc2ccccn2)cc(Nc2ccc(Br)cc2)n1. The maximum absolute atomic E-state index is 4.42. The molecule has 3 rings (SSSR count). The highest BCUT2D eigenvalue weighted by Crippen LogP contribution is 2.20. The first-order chi connectivity index (χ1) is 11.2.